The van der Waals surface area contributed by atoms with E-state index in [4.69, 9.17) is 16.9 Å². The van der Waals surface area contributed by atoms with Gasteiger partial charge in [0, 0.05) is 19.0 Å². The second kappa shape index (κ2) is 6.87. The molecule has 0 atom stereocenters. The van der Waals surface area contributed by atoms with Crippen LogP contribution in [-0.4, -0.2) is 18.5 Å². The third-order valence-corrected chi connectivity index (χ3v) is 2.56. The minimum Gasteiger partial charge on any atom is -0.383 e. The summed E-state index contributed by atoms with van der Waals surface area (Å²) in [5, 5.41) is 15.2. The molecule has 0 aromatic heterocycles. The number of rotatable bonds is 5. The number of benzene rings is 1. The second-order valence-corrected chi connectivity index (χ2v) is 4.58. The molecule has 0 bridgehead atoms. The minimum atomic E-state index is -0.0157. The van der Waals surface area contributed by atoms with Gasteiger partial charge in [0.1, 0.15) is 6.07 Å². The SMILES string of the molecule is CC(C)NC(=O)CCNc1cccc(Cl)c1C#N. The smallest absolute Gasteiger partial charge is 0.221 e. The summed E-state index contributed by atoms with van der Waals surface area (Å²) in [4.78, 5) is 11.4. The van der Waals surface area contributed by atoms with Crippen molar-refractivity contribution in [2.75, 3.05) is 11.9 Å². The minimum absolute atomic E-state index is 0.0157. The Labute approximate surface area is 112 Å². The molecule has 0 radical (unpaired) electrons. The highest BCUT2D eigenvalue weighted by Crippen LogP contribution is 2.22. The summed E-state index contributed by atoms with van der Waals surface area (Å²) in [6, 6.07) is 7.37. The maximum Gasteiger partial charge on any atom is 0.221 e. The molecule has 2 N–H and O–H groups in total. The Hall–Kier alpha value is -1.73. The lowest BCUT2D eigenvalue weighted by Crippen LogP contribution is -2.31. The fourth-order valence-electron chi connectivity index (χ4n) is 1.49. The summed E-state index contributed by atoms with van der Waals surface area (Å²) in [6.07, 6.45) is 0.357. The Morgan fingerprint density at radius 3 is 2.83 bits per heavy atom. The molecule has 0 saturated heterocycles. The van der Waals surface area contributed by atoms with Crippen LogP contribution in [0.15, 0.2) is 18.2 Å². The predicted molar refractivity (Wildman–Crippen MR) is 72.6 cm³/mol. The zero-order chi connectivity index (χ0) is 13.5. The highest BCUT2D eigenvalue weighted by Gasteiger charge is 2.07. The average Bonchev–Trinajstić information content (AvgIpc) is 2.28. The Kier molecular flexibility index (Phi) is 5.47. The van der Waals surface area contributed by atoms with Gasteiger partial charge in [0.2, 0.25) is 5.91 Å². The summed E-state index contributed by atoms with van der Waals surface area (Å²) < 4.78 is 0. The second-order valence-electron chi connectivity index (χ2n) is 4.17. The van der Waals surface area contributed by atoms with Gasteiger partial charge in [-0.15, -0.1) is 0 Å². The van der Waals surface area contributed by atoms with Crippen molar-refractivity contribution in [3.05, 3.63) is 28.8 Å². The van der Waals surface area contributed by atoms with Crippen molar-refractivity contribution >= 4 is 23.2 Å². The van der Waals surface area contributed by atoms with Crippen molar-refractivity contribution in [1.29, 1.82) is 5.26 Å². The van der Waals surface area contributed by atoms with Gasteiger partial charge in [-0.25, -0.2) is 0 Å². The van der Waals surface area contributed by atoms with Gasteiger partial charge in [-0.3, -0.25) is 4.79 Å². The van der Waals surface area contributed by atoms with E-state index in [1.807, 2.05) is 19.9 Å². The molecule has 0 aliphatic heterocycles. The van der Waals surface area contributed by atoms with Gasteiger partial charge in [-0.2, -0.15) is 5.26 Å². The van der Waals surface area contributed by atoms with E-state index < -0.39 is 0 Å². The quantitative estimate of drug-likeness (QED) is 0.860. The lowest BCUT2D eigenvalue weighted by molar-refractivity contribution is -0.121. The van der Waals surface area contributed by atoms with Gasteiger partial charge in [0.05, 0.1) is 16.3 Å². The molecule has 1 aromatic rings. The molecule has 1 rings (SSSR count). The number of amides is 1. The summed E-state index contributed by atoms with van der Waals surface area (Å²) in [5.41, 5.74) is 1.06. The molecular formula is C13H16ClN3O. The zero-order valence-corrected chi connectivity index (χ0v) is 11.2. The Morgan fingerprint density at radius 2 is 2.22 bits per heavy atom. The number of carbonyl (C=O) groups is 1. The normalized spacial score (nSPS) is 9.94. The van der Waals surface area contributed by atoms with Crippen molar-refractivity contribution in [2.45, 2.75) is 26.3 Å². The van der Waals surface area contributed by atoms with E-state index in [-0.39, 0.29) is 11.9 Å². The molecular weight excluding hydrogens is 250 g/mol. The van der Waals surface area contributed by atoms with Crippen LogP contribution in [0, 0.1) is 11.3 Å². The van der Waals surface area contributed by atoms with Crippen LogP contribution in [0.1, 0.15) is 25.8 Å². The number of hydrogen-bond donors (Lipinski definition) is 2. The molecule has 0 saturated carbocycles. The first-order valence-electron chi connectivity index (χ1n) is 5.76. The molecule has 1 aromatic carbocycles. The van der Waals surface area contributed by atoms with Gasteiger partial charge in [0.25, 0.3) is 0 Å². The number of nitriles is 1. The summed E-state index contributed by atoms with van der Waals surface area (Å²) in [7, 11) is 0. The summed E-state index contributed by atoms with van der Waals surface area (Å²) >= 11 is 5.90. The zero-order valence-electron chi connectivity index (χ0n) is 10.5. The van der Waals surface area contributed by atoms with E-state index in [0.29, 0.717) is 29.2 Å². The van der Waals surface area contributed by atoms with Crippen molar-refractivity contribution in [3.8, 4) is 6.07 Å². The molecule has 0 aliphatic rings. The molecule has 1 amide bonds. The van der Waals surface area contributed by atoms with Crippen LogP contribution < -0.4 is 10.6 Å². The lowest BCUT2D eigenvalue weighted by atomic mass is 10.2. The first-order chi connectivity index (χ1) is 8.54. The third-order valence-electron chi connectivity index (χ3n) is 2.24. The molecule has 0 fully saturated rings. The van der Waals surface area contributed by atoms with Gasteiger partial charge in [0.15, 0.2) is 0 Å². The number of hydrogen-bond acceptors (Lipinski definition) is 3. The van der Waals surface area contributed by atoms with E-state index in [9.17, 15) is 4.79 Å². The number of anilines is 1. The van der Waals surface area contributed by atoms with Crippen LogP contribution in [0.3, 0.4) is 0 Å². The lowest BCUT2D eigenvalue weighted by Gasteiger charge is -2.10. The molecule has 18 heavy (non-hydrogen) atoms. The number of halogens is 1. The summed E-state index contributed by atoms with van der Waals surface area (Å²) in [6.45, 7) is 4.29. The first-order valence-corrected chi connectivity index (χ1v) is 6.14. The van der Waals surface area contributed by atoms with E-state index in [1.165, 1.54) is 0 Å². The van der Waals surface area contributed by atoms with Gasteiger partial charge in [-0.05, 0) is 26.0 Å². The largest absolute Gasteiger partial charge is 0.383 e. The van der Waals surface area contributed by atoms with Crippen molar-refractivity contribution in [2.24, 2.45) is 0 Å². The molecule has 0 spiro atoms. The van der Waals surface area contributed by atoms with E-state index in [0.717, 1.165) is 0 Å². The molecule has 4 nitrogen and oxygen atoms in total. The fourth-order valence-corrected chi connectivity index (χ4v) is 1.71. The van der Waals surface area contributed by atoms with Crippen LogP contribution >= 0.6 is 11.6 Å². The highest BCUT2D eigenvalue weighted by atomic mass is 35.5. The Balaban J connectivity index is 2.52. The predicted octanol–water partition coefficient (Wildman–Crippen LogP) is 2.54. The van der Waals surface area contributed by atoms with Crippen molar-refractivity contribution < 1.29 is 4.79 Å². The highest BCUT2D eigenvalue weighted by molar-refractivity contribution is 6.32. The van der Waals surface area contributed by atoms with Crippen LogP contribution in [-0.2, 0) is 4.79 Å². The average molecular weight is 266 g/mol. The molecule has 96 valence electrons. The maximum absolute atomic E-state index is 11.4. The van der Waals surface area contributed by atoms with E-state index in [2.05, 4.69) is 10.6 Å². The molecule has 0 unspecified atom stereocenters. The summed E-state index contributed by atoms with van der Waals surface area (Å²) in [5.74, 6) is -0.0157. The number of nitrogens with zero attached hydrogens (tertiary/aromatic N) is 1. The van der Waals surface area contributed by atoms with Gasteiger partial charge < -0.3 is 10.6 Å². The molecule has 0 aliphatic carbocycles. The topological polar surface area (TPSA) is 64.9 Å². The first kappa shape index (κ1) is 14.3. The Bertz CT molecular complexity index is 466. The monoisotopic (exact) mass is 265 g/mol. The van der Waals surface area contributed by atoms with Crippen molar-refractivity contribution in [3.63, 3.8) is 0 Å². The van der Waals surface area contributed by atoms with E-state index in [1.54, 1.807) is 18.2 Å². The molecule has 5 heteroatoms. The van der Waals surface area contributed by atoms with Gasteiger partial charge >= 0.3 is 0 Å². The Morgan fingerprint density at radius 1 is 1.50 bits per heavy atom. The molecule has 0 heterocycles. The number of nitrogens with one attached hydrogen (secondary N) is 2. The van der Waals surface area contributed by atoms with Crippen LogP contribution in [0.25, 0.3) is 0 Å². The van der Waals surface area contributed by atoms with Crippen LogP contribution in [0.4, 0.5) is 5.69 Å². The van der Waals surface area contributed by atoms with Crippen molar-refractivity contribution in [1.82, 2.24) is 5.32 Å². The maximum atomic E-state index is 11.4. The fraction of sp³-hybridized carbons (Fsp3) is 0.385. The van der Waals surface area contributed by atoms with Gasteiger partial charge in [-0.1, -0.05) is 17.7 Å². The standard InChI is InChI=1S/C13H16ClN3O/c1-9(2)17-13(18)6-7-16-12-5-3-4-11(14)10(12)8-15/h3-5,9,16H,6-7H2,1-2H3,(H,17,18). The third kappa shape index (κ3) is 4.27. The van der Waals surface area contributed by atoms with E-state index >= 15 is 0 Å². The number of carbonyl (C=O) groups excluding carboxylic acids is 1. The van der Waals surface area contributed by atoms with Crippen LogP contribution in [0.5, 0.6) is 0 Å². The van der Waals surface area contributed by atoms with Crippen LogP contribution in [0.2, 0.25) is 5.02 Å².